The minimum absolute atomic E-state index is 0.421. The van der Waals surface area contributed by atoms with Gasteiger partial charge >= 0.3 is 0 Å². The topological polar surface area (TPSA) is 33.2 Å². The van der Waals surface area contributed by atoms with Crippen LogP contribution in [0.25, 0.3) is 10.9 Å². The van der Waals surface area contributed by atoms with Crippen LogP contribution in [0.4, 0.5) is 0 Å². The van der Waals surface area contributed by atoms with E-state index in [4.69, 9.17) is 0 Å². The average molecular weight is 282 g/mol. The summed E-state index contributed by atoms with van der Waals surface area (Å²) in [6.45, 7) is 2.97. The van der Waals surface area contributed by atoms with Gasteiger partial charge in [-0.2, -0.15) is 0 Å². The van der Waals surface area contributed by atoms with Crippen LogP contribution < -0.4 is 0 Å². The lowest BCUT2D eigenvalue weighted by Crippen LogP contribution is -2.34. The van der Waals surface area contributed by atoms with E-state index < -0.39 is 0 Å². The van der Waals surface area contributed by atoms with E-state index in [0.717, 1.165) is 43.4 Å². The van der Waals surface area contributed by atoms with Gasteiger partial charge in [-0.05, 0) is 44.5 Å². The van der Waals surface area contributed by atoms with Crippen LogP contribution >= 0.6 is 0 Å². The summed E-state index contributed by atoms with van der Waals surface area (Å²) in [6, 6.07) is 11.0. The molecule has 3 heteroatoms. The predicted octanol–water partition coefficient (Wildman–Crippen LogP) is 3.49. The van der Waals surface area contributed by atoms with Crippen LogP contribution in [0.2, 0.25) is 0 Å². The van der Waals surface area contributed by atoms with E-state index in [9.17, 15) is 4.79 Å². The third kappa shape index (κ3) is 3.13. The van der Waals surface area contributed by atoms with Gasteiger partial charge in [-0.15, -0.1) is 0 Å². The molecule has 0 spiro atoms. The molecule has 0 radical (unpaired) electrons. The number of aromatic nitrogens is 1. The average Bonchev–Trinajstić information content (AvgIpc) is 2.47. The zero-order chi connectivity index (χ0) is 14.8. The minimum Gasteiger partial charge on any atom is -0.300 e. The van der Waals surface area contributed by atoms with Crippen LogP contribution in [-0.4, -0.2) is 28.8 Å². The number of ketones is 1. The number of benzene rings is 1. The lowest BCUT2D eigenvalue weighted by atomic mass is 9.93. The molecule has 3 nitrogen and oxygen atoms in total. The Morgan fingerprint density at radius 1 is 1.24 bits per heavy atom. The Hall–Kier alpha value is -1.74. The van der Waals surface area contributed by atoms with Crippen LogP contribution in [0.1, 0.15) is 36.9 Å². The second kappa shape index (κ2) is 5.94. The number of hydrogen-bond donors (Lipinski definition) is 0. The molecule has 0 atom stereocenters. The number of pyridine rings is 1. The Morgan fingerprint density at radius 3 is 2.71 bits per heavy atom. The first-order valence-corrected chi connectivity index (χ1v) is 7.70. The Bertz CT molecular complexity index is 655. The van der Waals surface area contributed by atoms with Crippen molar-refractivity contribution in [1.82, 2.24) is 9.88 Å². The lowest BCUT2D eigenvalue weighted by Gasteiger charge is -2.31. The van der Waals surface area contributed by atoms with Crippen molar-refractivity contribution < 1.29 is 4.79 Å². The van der Waals surface area contributed by atoms with E-state index in [1.807, 2.05) is 6.07 Å². The van der Waals surface area contributed by atoms with Crippen LogP contribution in [0, 0.1) is 6.92 Å². The van der Waals surface area contributed by atoms with Crippen LogP contribution in [0.5, 0.6) is 0 Å². The third-order valence-electron chi connectivity index (χ3n) is 4.49. The molecule has 0 N–H and O–H groups in total. The quantitative estimate of drug-likeness (QED) is 0.864. The molecule has 2 aromatic rings. The van der Waals surface area contributed by atoms with Gasteiger partial charge in [0.1, 0.15) is 5.78 Å². The highest BCUT2D eigenvalue weighted by Gasteiger charge is 2.22. The molecule has 0 unspecified atom stereocenters. The first-order chi connectivity index (χ1) is 10.1. The predicted molar refractivity (Wildman–Crippen MR) is 85.2 cm³/mol. The molecule has 1 aromatic heterocycles. The molecule has 0 bridgehead atoms. The second-order valence-corrected chi connectivity index (χ2v) is 6.12. The number of carbonyl (C=O) groups is 1. The summed E-state index contributed by atoms with van der Waals surface area (Å²) in [5, 5.41) is 1.24. The molecule has 1 heterocycles. The lowest BCUT2D eigenvalue weighted by molar-refractivity contribution is -0.121. The number of Topliss-reactive ketones (excluding diaryl/α,β-unsaturated/α-hetero) is 1. The molecule has 110 valence electrons. The molecule has 3 rings (SSSR count). The van der Waals surface area contributed by atoms with Gasteiger partial charge in [0.2, 0.25) is 0 Å². The zero-order valence-corrected chi connectivity index (χ0v) is 12.8. The van der Waals surface area contributed by atoms with Crippen LogP contribution in [0.3, 0.4) is 0 Å². The Balaban J connectivity index is 1.82. The summed E-state index contributed by atoms with van der Waals surface area (Å²) in [4.78, 5) is 18.4. The van der Waals surface area contributed by atoms with Crippen molar-refractivity contribution in [3.05, 3.63) is 41.6 Å². The Kier molecular flexibility index (Phi) is 4.02. The summed E-state index contributed by atoms with van der Waals surface area (Å²) < 4.78 is 0. The van der Waals surface area contributed by atoms with Crippen molar-refractivity contribution in [2.75, 3.05) is 7.05 Å². The Labute approximate surface area is 126 Å². The van der Waals surface area contributed by atoms with Crippen molar-refractivity contribution in [2.24, 2.45) is 0 Å². The highest BCUT2D eigenvalue weighted by atomic mass is 16.1. The van der Waals surface area contributed by atoms with E-state index in [1.54, 1.807) is 0 Å². The summed E-state index contributed by atoms with van der Waals surface area (Å²) in [7, 11) is 2.17. The molecular formula is C18H22N2O. The van der Waals surface area contributed by atoms with Gasteiger partial charge in [0, 0.05) is 36.5 Å². The van der Waals surface area contributed by atoms with Crippen molar-refractivity contribution >= 4 is 16.7 Å². The fraction of sp³-hybridized carbons (Fsp3) is 0.444. The van der Waals surface area contributed by atoms with Gasteiger partial charge in [0.05, 0.1) is 5.52 Å². The van der Waals surface area contributed by atoms with Gasteiger partial charge in [0.15, 0.2) is 0 Å². The second-order valence-electron chi connectivity index (χ2n) is 6.12. The molecule has 0 amide bonds. The van der Waals surface area contributed by atoms with Crippen molar-refractivity contribution in [2.45, 2.75) is 45.2 Å². The molecular weight excluding hydrogens is 260 g/mol. The van der Waals surface area contributed by atoms with Crippen molar-refractivity contribution in [1.29, 1.82) is 0 Å². The van der Waals surface area contributed by atoms with Crippen LogP contribution in [0.15, 0.2) is 30.3 Å². The standard InChI is InChI=1S/C18H22N2O/c1-13-11-14(17-5-3-4-6-18(17)19-13)12-20(2)15-7-9-16(21)10-8-15/h3-6,11,15H,7-10,12H2,1-2H3. The molecule has 0 saturated heterocycles. The Morgan fingerprint density at radius 2 is 1.95 bits per heavy atom. The first kappa shape index (κ1) is 14.2. The molecule has 1 saturated carbocycles. The summed E-state index contributed by atoms with van der Waals surface area (Å²) >= 11 is 0. The highest BCUT2D eigenvalue weighted by Crippen LogP contribution is 2.24. The van der Waals surface area contributed by atoms with E-state index in [1.165, 1.54) is 10.9 Å². The molecule has 1 aliphatic carbocycles. The van der Waals surface area contributed by atoms with Gasteiger partial charge in [0.25, 0.3) is 0 Å². The minimum atomic E-state index is 0.421. The normalized spacial score (nSPS) is 16.8. The maximum absolute atomic E-state index is 11.4. The largest absolute Gasteiger partial charge is 0.300 e. The van der Waals surface area contributed by atoms with Crippen LogP contribution in [-0.2, 0) is 11.3 Å². The highest BCUT2D eigenvalue weighted by molar-refractivity contribution is 5.82. The fourth-order valence-corrected chi connectivity index (χ4v) is 3.29. The van der Waals surface area contributed by atoms with E-state index in [-0.39, 0.29) is 0 Å². The summed E-state index contributed by atoms with van der Waals surface area (Å²) in [5.41, 5.74) is 3.47. The smallest absolute Gasteiger partial charge is 0.133 e. The first-order valence-electron chi connectivity index (χ1n) is 7.70. The number of carbonyl (C=O) groups excluding carboxylic acids is 1. The molecule has 0 aliphatic heterocycles. The monoisotopic (exact) mass is 282 g/mol. The summed E-state index contributed by atoms with van der Waals surface area (Å²) in [6.07, 6.45) is 3.48. The van der Waals surface area contributed by atoms with E-state index in [2.05, 4.69) is 48.1 Å². The van der Waals surface area contributed by atoms with E-state index >= 15 is 0 Å². The maximum atomic E-state index is 11.4. The number of nitrogens with zero attached hydrogens (tertiary/aromatic N) is 2. The zero-order valence-electron chi connectivity index (χ0n) is 12.8. The number of para-hydroxylation sites is 1. The number of hydrogen-bond acceptors (Lipinski definition) is 3. The molecule has 1 aromatic carbocycles. The van der Waals surface area contributed by atoms with Gasteiger partial charge in [-0.3, -0.25) is 14.7 Å². The van der Waals surface area contributed by atoms with Crippen molar-refractivity contribution in [3.63, 3.8) is 0 Å². The molecule has 21 heavy (non-hydrogen) atoms. The number of fused-ring (bicyclic) bond motifs is 1. The number of aryl methyl sites for hydroxylation is 1. The fourth-order valence-electron chi connectivity index (χ4n) is 3.29. The van der Waals surface area contributed by atoms with Gasteiger partial charge < -0.3 is 0 Å². The molecule has 1 aliphatic rings. The number of rotatable bonds is 3. The van der Waals surface area contributed by atoms with Crippen molar-refractivity contribution in [3.8, 4) is 0 Å². The van der Waals surface area contributed by atoms with Gasteiger partial charge in [-0.25, -0.2) is 0 Å². The maximum Gasteiger partial charge on any atom is 0.133 e. The SMILES string of the molecule is Cc1cc(CN(C)C2CCC(=O)CC2)c2ccccc2n1. The molecule has 1 fully saturated rings. The summed E-state index contributed by atoms with van der Waals surface area (Å²) in [5.74, 6) is 0.421. The van der Waals surface area contributed by atoms with E-state index in [0.29, 0.717) is 11.8 Å². The van der Waals surface area contributed by atoms with Gasteiger partial charge in [-0.1, -0.05) is 18.2 Å². The third-order valence-corrected chi connectivity index (χ3v) is 4.49.